The van der Waals surface area contributed by atoms with Gasteiger partial charge in [-0.2, -0.15) is 0 Å². The minimum Gasteiger partial charge on any atom is -0.387 e. The van der Waals surface area contributed by atoms with Crippen LogP contribution in [0.15, 0.2) is 12.4 Å². The lowest BCUT2D eigenvalue weighted by molar-refractivity contribution is -0.133. The Balaban J connectivity index is 1.90. The molecule has 0 unspecified atom stereocenters. The number of carbonyl (C=O) groups is 1. The number of amides is 1. The van der Waals surface area contributed by atoms with E-state index in [1.807, 2.05) is 17.8 Å². The van der Waals surface area contributed by atoms with Crippen molar-refractivity contribution < 1.29 is 9.90 Å². The summed E-state index contributed by atoms with van der Waals surface area (Å²) in [6.45, 7) is 1.12. The van der Waals surface area contributed by atoms with Gasteiger partial charge in [0.2, 0.25) is 5.91 Å². The summed E-state index contributed by atoms with van der Waals surface area (Å²) in [6.07, 6.45) is 5.62. The number of aliphatic hydroxyl groups excluding tert-OH is 1. The van der Waals surface area contributed by atoms with Gasteiger partial charge in [0.25, 0.3) is 0 Å². The number of hydrogen-bond acceptors (Lipinski definition) is 3. The van der Waals surface area contributed by atoms with Crippen LogP contribution in [0, 0.1) is 5.92 Å². The Morgan fingerprint density at radius 3 is 3.12 bits per heavy atom. The predicted molar refractivity (Wildman–Crippen MR) is 58.7 cm³/mol. The smallest absolute Gasteiger partial charge is 0.248 e. The molecule has 1 fully saturated rings. The number of likely N-dealkylation sites (tertiary alicyclic amines) is 1. The Bertz CT molecular complexity index is 375. The summed E-state index contributed by atoms with van der Waals surface area (Å²) in [7, 11) is 1.98. The molecule has 1 amide bonds. The molecule has 1 aromatic heterocycles. The zero-order valence-electron chi connectivity index (χ0n) is 9.46. The van der Waals surface area contributed by atoms with Gasteiger partial charge in [0, 0.05) is 39.0 Å². The highest BCUT2D eigenvalue weighted by atomic mass is 16.3. The molecule has 1 aliphatic rings. The SMILES string of the molecule is Cn1ccnc1C[C@H]1CCN(C(=O)CO)C1. The van der Waals surface area contributed by atoms with Crippen LogP contribution in [-0.4, -0.2) is 45.2 Å². The Kier molecular flexibility index (Phi) is 3.24. The van der Waals surface area contributed by atoms with Crippen LogP contribution in [0.3, 0.4) is 0 Å². The molecule has 1 saturated heterocycles. The van der Waals surface area contributed by atoms with Gasteiger partial charge in [-0.25, -0.2) is 4.98 Å². The quantitative estimate of drug-likeness (QED) is 0.772. The fourth-order valence-electron chi connectivity index (χ4n) is 2.18. The monoisotopic (exact) mass is 223 g/mol. The largest absolute Gasteiger partial charge is 0.387 e. The van der Waals surface area contributed by atoms with Crippen LogP contribution in [0.1, 0.15) is 12.2 Å². The number of aryl methyl sites for hydroxylation is 1. The van der Waals surface area contributed by atoms with Crippen molar-refractivity contribution >= 4 is 5.91 Å². The molecule has 2 rings (SSSR count). The highest BCUT2D eigenvalue weighted by Gasteiger charge is 2.26. The zero-order valence-corrected chi connectivity index (χ0v) is 9.46. The third-order valence-electron chi connectivity index (χ3n) is 3.17. The number of rotatable bonds is 3. The molecule has 1 N–H and O–H groups in total. The average molecular weight is 223 g/mol. The Morgan fingerprint density at radius 1 is 1.69 bits per heavy atom. The fraction of sp³-hybridized carbons (Fsp3) is 0.636. The second-order valence-electron chi connectivity index (χ2n) is 4.31. The first kappa shape index (κ1) is 11.1. The van der Waals surface area contributed by atoms with E-state index in [-0.39, 0.29) is 12.5 Å². The molecule has 0 saturated carbocycles. The highest BCUT2D eigenvalue weighted by Crippen LogP contribution is 2.19. The summed E-state index contributed by atoms with van der Waals surface area (Å²) in [4.78, 5) is 17.3. The van der Waals surface area contributed by atoms with Crippen LogP contribution in [0.4, 0.5) is 0 Å². The third kappa shape index (κ3) is 2.24. The van der Waals surface area contributed by atoms with Gasteiger partial charge in [0.15, 0.2) is 0 Å². The Labute approximate surface area is 94.7 Å². The van der Waals surface area contributed by atoms with Crippen molar-refractivity contribution in [3.63, 3.8) is 0 Å². The first-order chi connectivity index (χ1) is 7.70. The molecular formula is C11H17N3O2. The van der Waals surface area contributed by atoms with E-state index in [0.29, 0.717) is 5.92 Å². The summed E-state index contributed by atoms with van der Waals surface area (Å²) >= 11 is 0. The van der Waals surface area contributed by atoms with Crippen molar-refractivity contribution in [2.24, 2.45) is 13.0 Å². The molecule has 0 aromatic carbocycles. The van der Waals surface area contributed by atoms with E-state index in [1.54, 1.807) is 11.1 Å². The highest BCUT2D eigenvalue weighted by molar-refractivity contribution is 5.77. The molecule has 0 bridgehead atoms. The normalized spacial score (nSPS) is 20.4. The van der Waals surface area contributed by atoms with Gasteiger partial charge in [0.1, 0.15) is 12.4 Å². The third-order valence-corrected chi connectivity index (χ3v) is 3.17. The van der Waals surface area contributed by atoms with E-state index in [2.05, 4.69) is 4.98 Å². The van der Waals surface area contributed by atoms with Crippen molar-refractivity contribution in [2.45, 2.75) is 12.8 Å². The molecule has 2 heterocycles. The zero-order chi connectivity index (χ0) is 11.5. The van der Waals surface area contributed by atoms with Gasteiger partial charge in [-0.05, 0) is 12.3 Å². The molecular weight excluding hydrogens is 206 g/mol. The van der Waals surface area contributed by atoms with Gasteiger partial charge in [-0.15, -0.1) is 0 Å². The lowest BCUT2D eigenvalue weighted by atomic mass is 10.0. The molecule has 0 spiro atoms. The van der Waals surface area contributed by atoms with E-state index < -0.39 is 0 Å². The lowest BCUT2D eigenvalue weighted by Crippen LogP contribution is -2.31. The van der Waals surface area contributed by atoms with E-state index >= 15 is 0 Å². The van der Waals surface area contributed by atoms with Gasteiger partial charge in [-0.3, -0.25) is 4.79 Å². The van der Waals surface area contributed by atoms with Crippen LogP contribution in [0.2, 0.25) is 0 Å². The topological polar surface area (TPSA) is 58.4 Å². The van der Waals surface area contributed by atoms with Crippen molar-refractivity contribution in [1.82, 2.24) is 14.5 Å². The van der Waals surface area contributed by atoms with Gasteiger partial charge >= 0.3 is 0 Å². The van der Waals surface area contributed by atoms with Crippen LogP contribution in [0.25, 0.3) is 0 Å². The molecule has 0 aliphatic carbocycles. The Hall–Kier alpha value is -1.36. The van der Waals surface area contributed by atoms with E-state index in [0.717, 1.165) is 31.8 Å². The van der Waals surface area contributed by atoms with Gasteiger partial charge in [0.05, 0.1) is 0 Å². The summed E-state index contributed by atoms with van der Waals surface area (Å²) in [5.41, 5.74) is 0. The molecule has 1 aliphatic heterocycles. The fourth-order valence-corrected chi connectivity index (χ4v) is 2.18. The lowest BCUT2D eigenvalue weighted by Gasteiger charge is -2.14. The second-order valence-corrected chi connectivity index (χ2v) is 4.31. The maximum absolute atomic E-state index is 11.3. The Morgan fingerprint density at radius 2 is 2.50 bits per heavy atom. The molecule has 16 heavy (non-hydrogen) atoms. The summed E-state index contributed by atoms with van der Waals surface area (Å²) < 4.78 is 2.01. The van der Waals surface area contributed by atoms with Crippen LogP contribution < -0.4 is 0 Å². The predicted octanol–water partition coefficient (Wildman–Crippen LogP) is -0.197. The van der Waals surface area contributed by atoms with Crippen molar-refractivity contribution in [3.05, 3.63) is 18.2 Å². The second kappa shape index (κ2) is 4.65. The van der Waals surface area contributed by atoms with Crippen molar-refractivity contribution in [3.8, 4) is 0 Å². The summed E-state index contributed by atoms with van der Waals surface area (Å²) in [5, 5.41) is 8.77. The average Bonchev–Trinajstić information content (AvgIpc) is 2.89. The van der Waals surface area contributed by atoms with Crippen LogP contribution in [-0.2, 0) is 18.3 Å². The minimum atomic E-state index is -0.380. The molecule has 88 valence electrons. The molecule has 5 heteroatoms. The molecule has 1 aromatic rings. The standard InChI is InChI=1S/C11H17N3O2/c1-13-5-3-12-10(13)6-9-2-4-14(7-9)11(16)8-15/h3,5,9,15H,2,4,6-8H2,1H3/t9-/m1/s1. The number of aromatic nitrogens is 2. The van der Waals surface area contributed by atoms with E-state index in [1.165, 1.54) is 0 Å². The van der Waals surface area contributed by atoms with Crippen LogP contribution in [0.5, 0.6) is 0 Å². The van der Waals surface area contributed by atoms with E-state index in [4.69, 9.17) is 5.11 Å². The van der Waals surface area contributed by atoms with Crippen molar-refractivity contribution in [1.29, 1.82) is 0 Å². The number of nitrogens with zero attached hydrogens (tertiary/aromatic N) is 3. The molecule has 1 atom stereocenters. The number of aliphatic hydroxyl groups is 1. The van der Waals surface area contributed by atoms with Gasteiger partial charge < -0.3 is 14.6 Å². The van der Waals surface area contributed by atoms with Crippen molar-refractivity contribution in [2.75, 3.05) is 19.7 Å². The maximum Gasteiger partial charge on any atom is 0.248 e. The van der Waals surface area contributed by atoms with E-state index in [9.17, 15) is 4.79 Å². The van der Waals surface area contributed by atoms with Crippen LogP contribution >= 0.6 is 0 Å². The summed E-state index contributed by atoms with van der Waals surface area (Å²) in [5.74, 6) is 1.36. The molecule has 5 nitrogen and oxygen atoms in total. The minimum absolute atomic E-state index is 0.164. The summed E-state index contributed by atoms with van der Waals surface area (Å²) in [6, 6.07) is 0. The van der Waals surface area contributed by atoms with Gasteiger partial charge in [-0.1, -0.05) is 0 Å². The maximum atomic E-state index is 11.3. The number of carbonyl (C=O) groups excluding carboxylic acids is 1. The number of hydrogen-bond donors (Lipinski definition) is 1. The first-order valence-corrected chi connectivity index (χ1v) is 5.55. The number of imidazole rings is 1. The first-order valence-electron chi connectivity index (χ1n) is 5.55. The molecule has 0 radical (unpaired) electrons.